The van der Waals surface area contributed by atoms with Gasteiger partial charge < -0.3 is 14.6 Å². The van der Waals surface area contributed by atoms with Gasteiger partial charge >= 0.3 is 0 Å². The molecule has 0 unspecified atom stereocenters. The quantitative estimate of drug-likeness (QED) is 0.854. The predicted molar refractivity (Wildman–Crippen MR) is 69.9 cm³/mol. The molecule has 1 fully saturated rings. The van der Waals surface area contributed by atoms with Crippen molar-refractivity contribution in [3.05, 3.63) is 29.3 Å². The summed E-state index contributed by atoms with van der Waals surface area (Å²) in [5.74, 6) is 0.870. The van der Waals surface area contributed by atoms with E-state index in [-0.39, 0.29) is 6.61 Å². The monoisotopic (exact) mass is 251 g/mol. The molecule has 1 N–H and O–H groups in total. The molecule has 0 amide bonds. The van der Waals surface area contributed by atoms with Crippen molar-refractivity contribution in [2.75, 3.05) is 39.5 Å². The first-order chi connectivity index (χ1) is 8.81. The van der Waals surface area contributed by atoms with Gasteiger partial charge in [0.15, 0.2) is 0 Å². The van der Waals surface area contributed by atoms with E-state index in [9.17, 15) is 5.11 Å². The summed E-state index contributed by atoms with van der Waals surface area (Å²) in [6, 6.07) is 5.79. The zero-order valence-electron chi connectivity index (χ0n) is 10.9. The lowest BCUT2D eigenvalue weighted by molar-refractivity contribution is 0.0322. The highest BCUT2D eigenvalue weighted by Crippen LogP contribution is 2.21. The summed E-state index contributed by atoms with van der Waals surface area (Å²) >= 11 is 0. The van der Waals surface area contributed by atoms with Crippen LogP contribution < -0.4 is 4.74 Å². The van der Waals surface area contributed by atoms with Crippen molar-refractivity contribution in [3.8, 4) is 5.75 Å². The van der Waals surface area contributed by atoms with Crippen LogP contribution in [0.4, 0.5) is 0 Å². The molecule has 1 aromatic carbocycles. The Kier molecular flexibility index (Phi) is 4.99. The van der Waals surface area contributed by atoms with Crippen molar-refractivity contribution in [3.63, 3.8) is 0 Å². The summed E-state index contributed by atoms with van der Waals surface area (Å²) in [6.45, 7) is 7.25. The Morgan fingerprint density at radius 2 is 2.11 bits per heavy atom. The molecular formula is C14H21NO3. The van der Waals surface area contributed by atoms with Crippen molar-refractivity contribution in [1.82, 2.24) is 4.90 Å². The highest BCUT2D eigenvalue weighted by molar-refractivity contribution is 5.38. The Balaban J connectivity index is 1.82. The van der Waals surface area contributed by atoms with E-state index in [0.29, 0.717) is 6.61 Å². The second-order valence-corrected chi connectivity index (χ2v) is 4.50. The van der Waals surface area contributed by atoms with Gasteiger partial charge in [0.25, 0.3) is 0 Å². The number of nitrogens with zero attached hydrogens (tertiary/aromatic N) is 1. The van der Waals surface area contributed by atoms with Gasteiger partial charge in [-0.05, 0) is 24.1 Å². The highest BCUT2D eigenvalue weighted by Gasteiger charge is 2.10. The fourth-order valence-corrected chi connectivity index (χ4v) is 2.10. The molecule has 0 saturated carbocycles. The van der Waals surface area contributed by atoms with E-state index in [2.05, 4.69) is 4.90 Å². The molecule has 0 aromatic heterocycles. The molecule has 100 valence electrons. The standard InChI is InChI=1S/C14H21NO3/c1-12-13(11-16)3-2-4-14(12)18-10-7-15-5-8-17-9-6-15/h2-4,16H,5-11H2,1H3. The predicted octanol–water partition coefficient (Wildman–Crippen LogP) is 1.20. The minimum atomic E-state index is 0.0620. The topological polar surface area (TPSA) is 41.9 Å². The zero-order chi connectivity index (χ0) is 12.8. The van der Waals surface area contributed by atoms with Crippen LogP contribution >= 0.6 is 0 Å². The number of rotatable bonds is 5. The van der Waals surface area contributed by atoms with E-state index in [4.69, 9.17) is 9.47 Å². The van der Waals surface area contributed by atoms with Crippen LogP contribution in [0.25, 0.3) is 0 Å². The van der Waals surface area contributed by atoms with E-state index in [1.165, 1.54) is 0 Å². The largest absolute Gasteiger partial charge is 0.492 e. The van der Waals surface area contributed by atoms with Crippen molar-refractivity contribution in [2.45, 2.75) is 13.5 Å². The molecule has 1 aromatic rings. The van der Waals surface area contributed by atoms with Crippen LogP contribution in [0.15, 0.2) is 18.2 Å². The van der Waals surface area contributed by atoms with Crippen LogP contribution in [0.2, 0.25) is 0 Å². The average Bonchev–Trinajstić information content (AvgIpc) is 2.42. The second-order valence-electron chi connectivity index (χ2n) is 4.50. The van der Waals surface area contributed by atoms with Gasteiger partial charge in [0.2, 0.25) is 0 Å². The number of benzene rings is 1. The smallest absolute Gasteiger partial charge is 0.122 e. The minimum absolute atomic E-state index is 0.0620. The third-order valence-corrected chi connectivity index (χ3v) is 3.34. The lowest BCUT2D eigenvalue weighted by Gasteiger charge is -2.26. The van der Waals surface area contributed by atoms with Gasteiger partial charge in [-0.15, -0.1) is 0 Å². The second kappa shape index (κ2) is 6.73. The van der Waals surface area contributed by atoms with E-state index in [1.807, 2.05) is 25.1 Å². The Morgan fingerprint density at radius 1 is 1.33 bits per heavy atom. The van der Waals surface area contributed by atoms with Gasteiger partial charge in [-0.3, -0.25) is 4.90 Å². The third-order valence-electron chi connectivity index (χ3n) is 3.34. The van der Waals surface area contributed by atoms with Crippen LogP contribution in [0.3, 0.4) is 0 Å². The molecule has 0 aliphatic carbocycles. The average molecular weight is 251 g/mol. The molecule has 2 rings (SSSR count). The molecule has 4 heteroatoms. The van der Waals surface area contributed by atoms with Crippen LogP contribution in [0, 0.1) is 6.92 Å². The van der Waals surface area contributed by atoms with Crippen molar-refractivity contribution >= 4 is 0 Å². The first-order valence-electron chi connectivity index (χ1n) is 6.43. The Labute approximate surface area is 108 Å². The minimum Gasteiger partial charge on any atom is -0.492 e. The number of morpholine rings is 1. The number of aliphatic hydroxyl groups excluding tert-OH is 1. The third kappa shape index (κ3) is 3.45. The molecule has 0 atom stereocenters. The normalized spacial score (nSPS) is 16.8. The first kappa shape index (κ1) is 13.3. The zero-order valence-corrected chi connectivity index (χ0v) is 10.9. The van der Waals surface area contributed by atoms with E-state index < -0.39 is 0 Å². The molecule has 1 heterocycles. The summed E-state index contributed by atoms with van der Waals surface area (Å²) in [5.41, 5.74) is 1.96. The summed E-state index contributed by atoms with van der Waals surface area (Å²) in [7, 11) is 0. The number of aliphatic hydroxyl groups is 1. The molecule has 1 aliphatic heterocycles. The summed E-state index contributed by atoms with van der Waals surface area (Å²) in [6.07, 6.45) is 0. The molecule has 0 bridgehead atoms. The maximum atomic E-state index is 9.19. The van der Waals surface area contributed by atoms with Gasteiger partial charge in [0.05, 0.1) is 19.8 Å². The van der Waals surface area contributed by atoms with E-state index in [1.54, 1.807) is 0 Å². The lowest BCUT2D eigenvalue weighted by atomic mass is 10.1. The molecule has 18 heavy (non-hydrogen) atoms. The Bertz CT molecular complexity index is 375. The molecule has 4 nitrogen and oxygen atoms in total. The van der Waals surface area contributed by atoms with Gasteiger partial charge in [-0.2, -0.15) is 0 Å². The van der Waals surface area contributed by atoms with Crippen molar-refractivity contribution in [2.24, 2.45) is 0 Å². The summed E-state index contributed by atoms with van der Waals surface area (Å²) in [5, 5.41) is 9.19. The van der Waals surface area contributed by atoms with E-state index in [0.717, 1.165) is 49.7 Å². The number of hydrogen-bond acceptors (Lipinski definition) is 4. The SMILES string of the molecule is Cc1c(CO)cccc1OCCN1CCOCC1. The molecule has 1 saturated heterocycles. The maximum absolute atomic E-state index is 9.19. The van der Waals surface area contributed by atoms with Gasteiger partial charge in [-0.25, -0.2) is 0 Å². The highest BCUT2D eigenvalue weighted by atomic mass is 16.5. The first-order valence-corrected chi connectivity index (χ1v) is 6.43. The van der Waals surface area contributed by atoms with Crippen LogP contribution in [-0.4, -0.2) is 49.5 Å². The molecule has 0 spiro atoms. The van der Waals surface area contributed by atoms with Crippen molar-refractivity contribution in [1.29, 1.82) is 0 Å². The maximum Gasteiger partial charge on any atom is 0.122 e. The fourth-order valence-electron chi connectivity index (χ4n) is 2.10. The summed E-state index contributed by atoms with van der Waals surface area (Å²) < 4.78 is 11.1. The molecular weight excluding hydrogens is 230 g/mol. The number of ether oxygens (including phenoxy) is 2. The van der Waals surface area contributed by atoms with Crippen LogP contribution in [-0.2, 0) is 11.3 Å². The summed E-state index contributed by atoms with van der Waals surface area (Å²) in [4.78, 5) is 2.34. The lowest BCUT2D eigenvalue weighted by Crippen LogP contribution is -2.38. The Morgan fingerprint density at radius 3 is 2.83 bits per heavy atom. The van der Waals surface area contributed by atoms with Crippen molar-refractivity contribution < 1.29 is 14.6 Å². The molecule has 1 aliphatic rings. The van der Waals surface area contributed by atoms with Gasteiger partial charge in [0, 0.05) is 19.6 Å². The Hall–Kier alpha value is -1.10. The van der Waals surface area contributed by atoms with Gasteiger partial charge in [0.1, 0.15) is 12.4 Å². The van der Waals surface area contributed by atoms with Gasteiger partial charge in [-0.1, -0.05) is 12.1 Å². The molecule has 0 radical (unpaired) electrons. The van der Waals surface area contributed by atoms with E-state index >= 15 is 0 Å². The van der Waals surface area contributed by atoms with Crippen LogP contribution in [0.5, 0.6) is 5.75 Å². The van der Waals surface area contributed by atoms with Crippen LogP contribution in [0.1, 0.15) is 11.1 Å². The number of hydrogen-bond donors (Lipinski definition) is 1. The fraction of sp³-hybridized carbons (Fsp3) is 0.571.